The van der Waals surface area contributed by atoms with Crippen LogP contribution in [-0.2, 0) is 20.9 Å². The van der Waals surface area contributed by atoms with Gasteiger partial charge in [0.05, 0.1) is 6.54 Å². The molecule has 2 amide bonds. The maximum absolute atomic E-state index is 11.7. The van der Waals surface area contributed by atoms with E-state index in [0.29, 0.717) is 12.1 Å². The van der Waals surface area contributed by atoms with E-state index in [1.807, 2.05) is 0 Å². The minimum Gasteiger partial charge on any atom is -0.464 e. The summed E-state index contributed by atoms with van der Waals surface area (Å²) in [6.07, 6.45) is 0. The monoisotopic (exact) mass is 278 g/mol. The molecular formula is C14H18N2O4. The summed E-state index contributed by atoms with van der Waals surface area (Å²) in [5, 5.41) is 5.31. The summed E-state index contributed by atoms with van der Waals surface area (Å²) < 4.78 is 4.71. The van der Waals surface area contributed by atoms with Crippen molar-refractivity contribution in [2.24, 2.45) is 0 Å². The lowest BCUT2D eigenvalue weighted by molar-refractivity contribution is -0.140. The first kappa shape index (κ1) is 15.7. The fourth-order valence-corrected chi connectivity index (χ4v) is 1.46. The third kappa shape index (κ3) is 5.99. The highest BCUT2D eigenvalue weighted by atomic mass is 16.5. The highest BCUT2D eigenvalue weighted by Crippen LogP contribution is 2.04. The Bertz CT molecular complexity index is 482. The van der Waals surface area contributed by atoms with Crippen molar-refractivity contribution in [1.82, 2.24) is 10.6 Å². The van der Waals surface area contributed by atoms with Gasteiger partial charge in [0.1, 0.15) is 6.61 Å². The molecule has 0 fully saturated rings. The lowest BCUT2D eigenvalue weighted by Crippen LogP contribution is -2.27. The Kier molecular flexibility index (Phi) is 6.22. The van der Waals surface area contributed by atoms with Crippen LogP contribution >= 0.6 is 0 Å². The van der Waals surface area contributed by atoms with Gasteiger partial charge in [-0.3, -0.25) is 14.4 Å². The lowest BCUT2D eigenvalue weighted by atomic mass is 10.1. The minimum atomic E-state index is -0.374. The predicted molar refractivity (Wildman–Crippen MR) is 72.9 cm³/mol. The number of esters is 1. The molecule has 0 aromatic heterocycles. The molecule has 0 saturated carbocycles. The van der Waals surface area contributed by atoms with Crippen molar-refractivity contribution in [3.63, 3.8) is 0 Å². The second-order valence-electron chi connectivity index (χ2n) is 4.20. The summed E-state index contributed by atoms with van der Waals surface area (Å²) in [7, 11) is 0. The molecule has 20 heavy (non-hydrogen) atoms. The molecule has 1 aromatic carbocycles. The first-order valence-electron chi connectivity index (χ1n) is 6.24. The van der Waals surface area contributed by atoms with Gasteiger partial charge in [-0.2, -0.15) is 0 Å². The van der Waals surface area contributed by atoms with E-state index < -0.39 is 0 Å². The summed E-state index contributed by atoms with van der Waals surface area (Å²) >= 11 is 0. The van der Waals surface area contributed by atoms with E-state index in [4.69, 9.17) is 4.74 Å². The molecule has 0 unspecified atom stereocenters. The molecule has 0 aliphatic heterocycles. The smallest absolute Gasteiger partial charge is 0.302 e. The van der Waals surface area contributed by atoms with Gasteiger partial charge >= 0.3 is 5.97 Å². The molecule has 2 N–H and O–H groups in total. The van der Waals surface area contributed by atoms with Crippen molar-refractivity contribution in [2.75, 3.05) is 13.2 Å². The third-order valence-electron chi connectivity index (χ3n) is 2.45. The van der Waals surface area contributed by atoms with Crippen molar-refractivity contribution >= 4 is 17.8 Å². The Morgan fingerprint density at radius 3 is 2.25 bits per heavy atom. The zero-order chi connectivity index (χ0) is 15.0. The van der Waals surface area contributed by atoms with Crippen LogP contribution in [0.5, 0.6) is 0 Å². The number of carbonyl (C=O) groups is 3. The molecule has 0 radical (unpaired) electrons. The number of hydrogen-bond acceptors (Lipinski definition) is 4. The zero-order valence-electron chi connectivity index (χ0n) is 11.6. The fourth-order valence-electron chi connectivity index (χ4n) is 1.46. The van der Waals surface area contributed by atoms with E-state index in [-0.39, 0.29) is 30.9 Å². The summed E-state index contributed by atoms with van der Waals surface area (Å²) in [4.78, 5) is 33.1. The fraction of sp³-hybridized carbons (Fsp3) is 0.357. The van der Waals surface area contributed by atoms with E-state index in [1.165, 1.54) is 13.8 Å². The van der Waals surface area contributed by atoms with Crippen molar-refractivity contribution in [3.8, 4) is 0 Å². The van der Waals surface area contributed by atoms with Crippen LogP contribution in [0.2, 0.25) is 0 Å². The molecule has 0 heterocycles. The summed E-state index contributed by atoms with van der Waals surface area (Å²) in [6.45, 7) is 3.62. The van der Waals surface area contributed by atoms with Gasteiger partial charge < -0.3 is 15.4 Å². The summed E-state index contributed by atoms with van der Waals surface area (Å²) in [5.41, 5.74) is 1.43. The number of ether oxygens (including phenoxy) is 1. The van der Waals surface area contributed by atoms with Crippen LogP contribution in [0.15, 0.2) is 24.3 Å². The molecule has 0 saturated heterocycles. The van der Waals surface area contributed by atoms with Crippen LogP contribution in [0.4, 0.5) is 0 Å². The van der Waals surface area contributed by atoms with Crippen LogP contribution in [0.3, 0.4) is 0 Å². The topological polar surface area (TPSA) is 84.5 Å². The molecule has 6 nitrogen and oxygen atoms in total. The Balaban J connectivity index is 2.41. The van der Waals surface area contributed by atoms with Crippen molar-refractivity contribution in [1.29, 1.82) is 0 Å². The summed E-state index contributed by atoms with van der Waals surface area (Å²) in [6, 6.07) is 6.91. The van der Waals surface area contributed by atoms with Crippen LogP contribution in [0, 0.1) is 0 Å². The largest absolute Gasteiger partial charge is 0.464 e. The number of benzene rings is 1. The second-order valence-corrected chi connectivity index (χ2v) is 4.20. The van der Waals surface area contributed by atoms with Gasteiger partial charge in [-0.05, 0) is 17.7 Å². The first-order valence-corrected chi connectivity index (χ1v) is 6.24. The van der Waals surface area contributed by atoms with Crippen LogP contribution in [0.1, 0.15) is 29.8 Å². The van der Waals surface area contributed by atoms with E-state index >= 15 is 0 Å². The molecule has 0 aliphatic rings. The molecule has 1 rings (SSSR count). The SMILES string of the molecule is CC(=O)NCc1ccc(C(=O)NCCOC(C)=O)cc1. The Hall–Kier alpha value is -2.37. The van der Waals surface area contributed by atoms with Gasteiger partial charge in [0, 0.05) is 26.0 Å². The average Bonchev–Trinajstić information content (AvgIpc) is 2.41. The Labute approximate surface area is 117 Å². The number of rotatable bonds is 6. The molecule has 6 heteroatoms. The van der Waals surface area contributed by atoms with E-state index in [9.17, 15) is 14.4 Å². The van der Waals surface area contributed by atoms with Crippen LogP contribution < -0.4 is 10.6 Å². The minimum absolute atomic E-state index is 0.0997. The molecule has 0 bridgehead atoms. The molecular weight excluding hydrogens is 260 g/mol. The Morgan fingerprint density at radius 1 is 1.05 bits per heavy atom. The molecule has 0 spiro atoms. The zero-order valence-corrected chi connectivity index (χ0v) is 11.6. The van der Waals surface area contributed by atoms with Gasteiger partial charge in [-0.15, -0.1) is 0 Å². The van der Waals surface area contributed by atoms with Crippen molar-refractivity contribution in [2.45, 2.75) is 20.4 Å². The predicted octanol–water partition coefficient (Wildman–Crippen LogP) is 0.616. The number of amides is 2. The highest BCUT2D eigenvalue weighted by Gasteiger charge is 2.05. The van der Waals surface area contributed by atoms with Crippen molar-refractivity contribution < 1.29 is 19.1 Å². The first-order chi connectivity index (χ1) is 9.49. The van der Waals surface area contributed by atoms with E-state index in [0.717, 1.165) is 5.56 Å². The maximum atomic E-state index is 11.7. The lowest BCUT2D eigenvalue weighted by Gasteiger charge is -2.07. The number of hydrogen-bond donors (Lipinski definition) is 2. The third-order valence-corrected chi connectivity index (χ3v) is 2.45. The second kappa shape index (κ2) is 7.93. The van der Waals surface area contributed by atoms with Gasteiger partial charge in [-0.25, -0.2) is 0 Å². The van der Waals surface area contributed by atoms with Gasteiger partial charge in [0.2, 0.25) is 5.91 Å². The molecule has 0 aliphatic carbocycles. The quantitative estimate of drug-likeness (QED) is 0.590. The van der Waals surface area contributed by atoms with E-state index in [1.54, 1.807) is 24.3 Å². The van der Waals surface area contributed by atoms with Crippen molar-refractivity contribution in [3.05, 3.63) is 35.4 Å². The normalized spacial score (nSPS) is 9.70. The standard InChI is InChI=1S/C14H18N2O4/c1-10(17)16-9-12-3-5-13(6-4-12)14(19)15-7-8-20-11(2)18/h3-6H,7-9H2,1-2H3,(H,15,19)(H,16,17). The van der Waals surface area contributed by atoms with E-state index in [2.05, 4.69) is 10.6 Å². The highest BCUT2D eigenvalue weighted by molar-refractivity contribution is 5.94. The van der Waals surface area contributed by atoms with Gasteiger partial charge in [-0.1, -0.05) is 12.1 Å². The summed E-state index contributed by atoms with van der Waals surface area (Å²) in [5.74, 6) is -0.706. The Morgan fingerprint density at radius 2 is 1.70 bits per heavy atom. The van der Waals surface area contributed by atoms with Crippen LogP contribution in [0.25, 0.3) is 0 Å². The average molecular weight is 278 g/mol. The molecule has 1 aromatic rings. The van der Waals surface area contributed by atoms with Gasteiger partial charge in [0.15, 0.2) is 0 Å². The maximum Gasteiger partial charge on any atom is 0.302 e. The van der Waals surface area contributed by atoms with Crippen LogP contribution in [-0.4, -0.2) is 30.9 Å². The molecule has 108 valence electrons. The van der Waals surface area contributed by atoms with Gasteiger partial charge in [0.25, 0.3) is 5.91 Å². The number of carbonyl (C=O) groups excluding carboxylic acids is 3. The number of nitrogens with one attached hydrogen (secondary N) is 2. The molecule has 0 atom stereocenters.